The number of nitrogens with one attached hydrogen (secondary N) is 1. The van der Waals surface area contributed by atoms with Gasteiger partial charge in [0.2, 0.25) is 0 Å². The van der Waals surface area contributed by atoms with E-state index in [1.807, 2.05) is 13.1 Å². The minimum absolute atomic E-state index is 0.290. The van der Waals surface area contributed by atoms with Crippen LogP contribution < -0.4 is 5.32 Å². The average Bonchev–Trinajstić information content (AvgIpc) is 2.68. The summed E-state index contributed by atoms with van der Waals surface area (Å²) in [5, 5.41) is 3.34. The summed E-state index contributed by atoms with van der Waals surface area (Å²) in [7, 11) is 1.98. The smallest absolute Gasteiger partial charge is 0.135 e. The Bertz CT molecular complexity index is 307. The first-order chi connectivity index (χ1) is 7.33. The van der Waals surface area contributed by atoms with Gasteiger partial charge >= 0.3 is 0 Å². The summed E-state index contributed by atoms with van der Waals surface area (Å²) in [5.41, 5.74) is 0. The summed E-state index contributed by atoms with van der Waals surface area (Å²) in [6.07, 6.45) is 3.92. The van der Waals surface area contributed by atoms with Crippen LogP contribution in [-0.4, -0.2) is 20.3 Å². The molecule has 0 amide bonds. The van der Waals surface area contributed by atoms with Crippen molar-refractivity contribution >= 4 is 15.9 Å². The first kappa shape index (κ1) is 11.2. The molecule has 15 heavy (non-hydrogen) atoms. The number of hydrogen-bond acceptors (Lipinski definition) is 3. The Morgan fingerprint density at radius 1 is 1.47 bits per heavy atom. The Morgan fingerprint density at radius 2 is 2.20 bits per heavy atom. The number of rotatable bonds is 3. The first-order valence-electron chi connectivity index (χ1n) is 5.31. The number of halogens is 1. The molecule has 4 heteroatoms. The highest BCUT2D eigenvalue weighted by Gasteiger charge is 2.27. The lowest BCUT2D eigenvalue weighted by atomic mass is 9.90. The molecule has 0 radical (unpaired) electrons. The normalized spacial score (nSPS) is 20.4. The molecule has 1 saturated heterocycles. The average molecular weight is 274 g/mol. The van der Waals surface area contributed by atoms with E-state index in [9.17, 15) is 0 Å². The molecular weight excluding hydrogens is 258 g/mol. The number of furan rings is 1. The van der Waals surface area contributed by atoms with E-state index in [2.05, 4.69) is 21.2 Å². The van der Waals surface area contributed by atoms with E-state index in [1.54, 1.807) is 6.26 Å². The lowest BCUT2D eigenvalue weighted by molar-refractivity contribution is 0.0516. The molecular formula is C11H16BrNO2. The van der Waals surface area contributed by atoms with Crippen molar-refractivity contribution in [1.82, 2.24) is 5.32 Å². The monoisotopic (exact) mass is 273 g/mol. The van der Waals surface area contributed by atoms with Crippen molar-refractivity contribution in [2.75, 3.05) is 20.3 Å². The number of ether oxygens (including phenoxy) is 1. The van der Waals surface area contributed by atoms with Crippen molar-refractivity contribution in [1.29, 1.82) is 0 Å². The fraction of sp³-hybridized carbons (Fsp3) is 0.636. The zero-order valence-corrected chi connectivity index (χ0v) is 10.4. The maximum absolute atomic E-state index is 5.52. The molecule has 2 heterocycles. The molecule has 1 aromatic rings. The van der Waals surface area contributed by atoms with Crippen LogP contribution in [-0.2, 0) is 4.74 Å². The molecule has 1 aromatic heterocycles. The van der Waals surface area contributed by atoms with Gasteiger partial charge in [-0.3, -0.25) is 0 Å². The summed E-state index contributed by atoms with van der Waals surface area (Å²) in [6, 6.07) is 2.23. The molecule has 0 saturated carbocycles. The van der Waals surface area contributed by atoms with Crippen LogP contribution in [0.1, 0.15) is 24.6 Å². The predicted octanol–water partition coefficient (Wildman–Crippen LogP) is 2.73. The molecule has 0 spiro atoms. The first-order valence-corrected chi connectivity index (χ1v) is 6.10. The Hall–Kier alpha value is -0.320. The van der Waals surface area contributed by atoms with Gasteiger partial charge < -0.3 is 14.5 Å². The molecule has 84 valence electrons. The minimum Gasteiger partial charge on any atom is -0.466 e. The van der Waals surface area contributed by atoms with Crippen LogP contribution in [0.3, 0.4) is 0 Å². The van der Waals surface area contributed by atoms with Crippen molar-refractivity contribution in [3.05, 3.63) is 22.6 Å². The Kier molecular flexibility index (Phi) is 3.83. The maximum atomic E-state index is 5.52. The van der Waals surface area contributed by atoms with Crippen LogP contribution in [0, 0.1) is 5.92 Å². The number of hydrogen-bond donors (Lipinski definition) is 1. The highest BCUT2D eigenvalue weighted by Crippen LogP contribution is 2.34. The summed E-state index contributed by atoms with van der Waals surface area (Å²) < 4.78 is 11.9. The van der Waals surface area contributed by atoms with Gasteiger partial charge in [-0.25, -0.2) is 0 Å². The van der Waals surface area contributed by atoms with Gasteiger partial charge in [-0.2, -0.15) is 0 Å². The van der Waals surface area contributed by atoms with Gasteiger partial charge in [0.15, 0.2) is 0 Å². The van der Waals surface area contributed by atoms with Crippen molar-refractivity contribution in [2.45, 2.75) is 18.9 Å². The molecule has 0 aliphatic carbocycles. The summed E-state index contributed by atoms with van der Waals surface area (Å²) in [4.78, 5) is 0. The van der Waals surface area contributed by atoms with Crippen LogP contribution in [0.2, 0.25) is 0 Å². The Labute approximate surface area is 98.3 Å². The summed E-state index contributed by atoms with van der Waals surface area (Å²) in [6.45, 7) is 1.72. The molecule has 0 bridgehead atoms. The van der Waals surface area contributed by atoms with Crippen molar-refractivity contribution in [2.24, 2.45) is 5.92 Å². The maximum Gasteiger partial charge on any atom is 0.135 e. The van der Waals surface area contributed by atoms with Crippen LogP contribution in [0.5, 0.6) is 0 Å². The van der Waals surface area contributed by atoms with Crippen LogP contribution in [0.25, 0.3) is 0 Å². The van der Waals surface area contributed by atoms with E-state index in [-0.39, 0.29) is 0 Å². The zero-order chi connectivity index (χ0) is 10.7. The third-order valence-electron chi connectivity index (χ3n) is 2.98. The van der Waals surface area contributed by atoms with Gasteiger partial charge in [-0.1, -0.05) is 0 Å². The third-order valence-corrected chi connectivity index (χ3v) is 3.63. The molecule has 1 unspecified atom stereocenters. The summed E-state index contributed by atoms with van der Waals surface area (Å²) >= 11 is 3.51. The van der Waals surface area contributed by atoms with Crippen LogP contribution in [0.15, 0.2) is 21.2 Å². The van der Waals surface area contributed by atoms with E-state index in [1.165, 1.54) is 0 Å². The zero-order valence-electron chi connectivity index (χ0n) is 8.83. The van der Waals surface area contributed by atoms with Gasteiger partial charge in [-0.05, 0) is 47.8 Å². The second-order valence-electron chi connectivity index (χ2n) is 3.85. The highest BCUT2D eigenvalue weighted by atomic mass is 79.9. The molecule has 0 aromatic carbocycles. The second kappa shape index (κ2) is 5.14. The van der Waals surface area contributed by atoms with Crippen molar-refractivity contribution in [3.63, 3.8) is 0 Å². The van der Waals surface area contributed by atoms with E-state index in [0.717, 1.165) is 36.3 Å². The van der Waals surface area contributed by atoms with Gasteiger partial charge in [0.1, 0.15) is 5.76 Å². The molecule has 1 aliphatic rings. The van der Waals surface area contributed by atoms with E-state index in [0.29, 0.717) is 12.0 Å². The predicted molar refractivity (Wildman–Crippen MR) is 61.8 cm³/mol. The third kappa shape index (κ3) is 2.44. The largest absolute Gasteiger partial charge is 0.466 e. The quantitative estimate of drug-likeness (QED) is 0.920. The van der Waals surface area contributed by atoms with E-state index in [4.69, 9.17) is 9.15 Å². The lowest BCUT2D eigenvalue weighted by Crippen LogP contribution is -2.29. The molecule has 1 atom stereocenters. The minimum atomic E-state index is 0.290. The van der Waals surface area contributed by atoms with E-state index >= 15 is 0 Å². The summed E-state index contributed by atoms with van der Waals surface area (Å²) in [5.74, 6) is 1.61. The standard InChI is InChI=1S/C11H16BrNO2/c1-13-10(8-2-5-14-6-3-8)11-9(12)4-7-15-11/h4,7-8,10,13H,2-3,5-6H2,1H3. The highest BCUT2D eigenvalue weighted by molar-refractivity contribution is 9.10. The Balaban J connectivity index is 2.12. The fourth-order valence-electron chi connectivity index (χ4n) is 2.16. The van der Waals surface area contributed by atoms with E-state index < -0.39 is 0 Å². The van der Waals surface area contributed by atoms with Gasteiger partial charge in [-0.15, -0.1) is 0 Å². The van der Waals surface area contributed by atoms with Crippen LogP contribution in [0.4, 0.5) is 0 Å². The van der Waals surface area contributed by atoms with Crippen molar-refractivity contribution in [3.8, 4) is 0 Å². The topological polar surface area (TPSA) is 34.4 Å². The molecule has 2 rings (SSSR count). The van der Waals surface area contributed by atoms with Gasteiger partial charge in [0.25, 0.3) is 0 Å². The van der Waals surface area contributed by atoms with Crippen LogP contribution >= 0.6 is 15.9 Å². The Morgan fingerprint density at radius 3 is 2.73 bits per heavy atom. The fourth-order valence-corrected chi connectivity index (χ4v) is 2.61. The lowest BCUT2D eigenvalue weighted by Gasteiger charge is -2.28. The second-order valence-corrected chi connectivity index (χ2v) is 4.70. The molecule has 1 N–H and O–H groups in total. The van der Waals surface area contributed by atoms with Gasteiger partial charge in [0, 0.05) is 13.2 Å². The SMILES string of the molecule is CNC(c1occc1Br)C1CCOCC1. The molecule has 1 aliphatic heterocycles. The van der Waals surface area contributed by atoms with Crippen molar-refractivity contribution < 1.29 is 9.15 Å². The molecule has 3 nitrogen and oxygen atoms in total. The van der Waals surface area contributed by atoms with Gasteiger partial charge in [0.05, 0.1) is 16.8 Å². The molecule has 1 fully saturated rings.